The van der Waals surface area contributed by atoms with E-state index in [1.54, 1.807) is 31.4 Å². The maximum Gasteiger partial charge on any atom is 0.251 e. The van der Waals surface area contributed by atoms with Gasteiger partial charge in [0.15, 0.2) is 11.0 Å². The third kappa shape index (κ3) is 7.46. The highest BCUT2D eigenvalue weighted by Gasteiger charge is 2.25. The Bertz CT molecular complexity index is 1530. The van der Waals surface area contributed by atoms with E-state index in [2.05, 4.69) is 65.8 Å². The van der Waals surface area contributed by atoms with Gasteiger partial charge in [0, 0.05) is 18.7 Å². The summed E-state index contributed by atoms with van der Waals surface area (Å²) in [5.41, 5.74) is 5.12. The third-order valence-corrected chi connectivity index (χ3v) is 8.96. The number of benzene rings is 3. The van der Waals surface area contributed by atoms with Gasteiger partial charge in [-0.05, 0) is 79.5 Å². The van der Waals surface area contributed by atoms with E-state index in [9.17, 15) is 9.59 Å². The summed E-state index contributed by atoms with van der Waals surface area (Å²) >= 11 is 1.40. The number of carbonyl (C=O) groups excluding carboxylic acids is 2. The number of likely N-dealkylation sites (tertiary alicyclic amines) is 1. The van der Waals surface area contributed by atoms with Crippen LogP contribution in [-0.4, -0.2) is 57.4 Å². The molecule has 0 unspecified atom stereocenters. The molecule has 0 atom stereocenters. The number of thioether (sulfide) groups is 1. The molecule has 2 heterocycles. The Hall–Kier alpha value is -4.11. The molecule has 1 aromatic heterocycles. The number of hydrogen-bond donors (Lipinski definition) is 1. The first kappa shape index (κ1) is 30.4. The highest BCUT2D eigenvalue weighted by molar-refractivity contribution is 7.99. The van der Waals surface area contributed by atoms with Crippen LogP contribution < -0.4 is 10.1 Å². The molecule has 8 nitrogen and oxygen atoms in total. The van der Waals surface area contributed by atoms with E-state index in [-0.39, 0.29) is 24.1 Å². The van der Waals surface area contributed by atoms with Crippen LogP contribution >= 0.6 is 11.8 Å². The monoisotopic (exact) mass is 597 g/mol. The van der Waals surface area contributed by atoms with Gasteiger partial charge in [0.05, 0.1) is 25.1 Å². The summed E-state index contributed by atoms with van der Waals surface area (Å²) in [6.45, 7) is 5.94. The molecule has 224 valence electrons. The van der Waals surface area contributed by atoms with E-state index >= 15 is 0 Å². The summed E-state index contributed by atoms with van der Waals surface area (Å²) in [5, 5.41) is 12.6. The van der Waals surface area contributed by atoms with Crippen LogP contribution in [0.1, 0.15) is 52.6 Å². The van der Waals surface area contributed by atoms with Crippen LogP contribution in [0, 0.1) is 12.8 Å². The molecule has 2 amide bonds. The predicted molar refractivity (Wildman–Crippen MR) is 170 cm³/mol. The first-order valence-corrected chi connectivity index (χ1v) is 15.8. The number of nitrogens with zero attached hydrogens (tertiary/aromatic N) is 4. The first-order chi connectivity index (χ1) is 21.0. The molecule has 1 saturated heterocycles. The molecule has 1 aliphatic rings. The van der Waals surface area contributed by atoms with Crippen molar-refractivity contribution in [2.45, 2.75) is 51.2 Å². The van der Waals surface area contributed by atoms with E-state index in [4.69, 9.17) is 4.74 Å². The van der Waals surface area contributed by atoms with E-state index in [1.165, 1.54) is 17.3 Å². The zero-order valence-electron chi connectivity index (χ0n) is 25.1. The maximum absolute atomic E-state index is 13.3. The Kier molecular flexibility index (Phi) is 10.1. The number of piperidine rings is 1. The fourth-order valence-electron chi connectivity index (χ4n) is 5.61. The molecule has 1 fully saturated rings. The fourth-order valence-corrected chi connectivity index (χ4v) is 6.47. The Morgan fingerprint density at radius 1 is 0.977 bits per heavy atom. The van der Waals surface area contributed by atoms with Crippen molar-refractivity contribution in [1.29, 1.82) is 0 Å². The minimum Gasteiger partial charge on any atom is -0.497 e. The van der Waals surface area contributed by atoms with Gasteiger partial charge in [0.25, 0.3) is 5.91 Å². The van der Waals surface area contributed by atoms with Crippen LogP contribution in [0.5, 0.6) is 5.75 Å². The highest BCUT2D eigenvalue weighted by atomic mass is 32.2. The predicted octanol–water partition coefficient (Wildman–Crippen LogP) is 5.65. The lowest BCUT2D eigenvalue weighted by molar-refractivity contribution is -0.129. The average molecular weight is 598 g/mol. The molecule has 5 rings (SSSR count). The van der Waals surface area contributed by atoms with E-state index in [0.717, 1.165) is 55.6 Å². The minimum absolute atomic E-state index is 0.118. The molecule has 0 spiro atoms. The second-order valence-electron chi connectivity index (χ2n) is 10.9. The molecule has 0 radical (unpaired) electrons. The lowest BCUT2D eigenvalue weighted by Crippen LogP contribution is -2.39. The molecule has 1 N–H and O–H groups in total. The highest BCUT2D eigenvalue weighted by Crippen LogP contribution is 2.29. The first-order valence-electron chi connectivity index (χ1n) is 14.9. The summed E-state index contributed by atoms with van der Waals surface area (Å²) in [6.07, 6.45) is 3.92. The van der Waals surface area contributed by atoms with Crippen molar-refractivity contribution in [2.75, 3.05) is 26.0 Å². The molecule has 9 heteroatoms. The number of amides is 2. The van der Waals surface area contributed by atoms with Crippen molar-refractivity contribution < 1.29 is 14.3 Å². The number of hydrogen-bond acceptors (Lipinski definition) is 6. The number of ether oxygens (including phenoxy) is 1. The van der Waals surface area contributed by atoms with Crippen molar-refractivity contribution in [2.24, 2.45) is 5.92 Å². The van der Waals surface area contributed by atoms with Crippen LogP contribution in [0.25, 0.3) is 5.69 Å². The Balaban J connectivity index is 1.27. The molecule has 4 aromatic rings. The maximum atomic E-state index is 13.3. The summed E-state index contributed by atoms with van der Waals surface area (Å²) in [6, 6.07) is 23.8. The van der Waals surface area contributed by atoms with Crippen molar-refractivity contribution in [1.82, 2.24) is 25.0 Å². The van der Waals surface area contributed by atoms with E-state index < -0.39 is 0 Å². The molecule has 3 aromatic carbocycles. The van der Waals surface area contributed by atoms with Gasteiger partial charge < -0.3 is 15.0 Å². The topological polar surface area (TPSA) is 89.4 Å². The van der Waals surface area contributed by atoms with Gasteiger partial charge in [-0.25, -0.2) is 0 Å². The van der Waals surface area contributed by atoms with Crippen LogP contribution in [0.3, 0.4) is 0 Å². The van der Waals surface area contributed by atoms with Crippen molar-refractivity contribution >= 4 is 23.6 Å². The average Bonchev–Trinajstić information content (AvgIpc) is 3.45. The number of nitrogens with one attached hydrogen (secondary N) is 1. The normalized spacial score (nSPS) is 13.6. The summed E-state index contributed by atoms with van der Waals surface area (Å²) in [7, 11) is 1.59. The van der Waals surface area contributed by atoms with Gasteiger partial charge in [0.2, 0.25) is 5.91 Å². The molecular weight excluding hydrogens is 558 g/mol. The number of aryl methyl sites for hydroxylation is 2. The van der Waals surface area contributed by atoms with Crippen molar-refractivity contribution in [3.05, 3.63) is 101 Å². The van der Waals surface area contributed by atoms with Crippen LogP contribution in [0.2, 0.25) is 0 Å². The Labute approximate surface area is 257 Å². The van der Waals surface area contributed by atoms with Gasteiger partial charge in [-0.1, -0.05) is 67.2 Å². The molecule has 0 saturated carbocycles. The lowest BCUT2D eigenvalue weighted by Gasteiger charge is -2.32. The molecule has 43 heavy (non-hydrogen) atoms. The lowest BCUT2D eigenvalue weighted by atomic mass is 9.90. The quantitative estimate of drug-likeness (QED) is 0.225. The second-order valence-corrected chi connectivity index (χ2v) is 11.8. The van der Waals surface area contributed by atoms with E-state index in [1.807, 2.05) is 21.6 Å². The van der Waals surface area contributed by atoms with Crippen molar-refractivity contribution in [3.8, 4) is 11.4 Å². The summed E-state index contributed by atoms with van der Waals surface area (Å²) in [4.78, 5) is 28.2. The molecular formula is C34H39N5O3S. The zero-order chi connectivity index (χ0) is 30.2. The minimum atomic E-state index is -0.210. The summed E-state index contributed by atoms with van der Waals surface area (Å²) < 4.78 is 7.21. The smallest absolute Gasteiger partial charge is 0.251 e. The standard InChI is InChI=1S/C34H39N5O3S/c1-4-27-12-8-9-24(2)32(27)39-30(22-35-33(41)28-13-15-29(42-3)16-14-28)36-37-34(39)43-23-31(40)38-19-17-26(18-20-38)21-25-10-6-5-7-11-25/h5-16,26H,4,17-23H2,1-3H3,(H,35,41). The number of aromatic nitrogens is 3. The SMILES string of the molecule is CCc1cccc(C)c1-n1c(CNC(=O)c2ccc(OC)cc2)nnc1SCC(=O)N1CCC(Cc2ccccc2)CC1. The van der Waals surface area contributed by atoms with Crippen LogP contribution in [-0.2, 0) is 24.2 Å². The van der Waals surface area contributed by atoms with Crippen LogP contribution in [0.15, 0.2) is 78.0 Å². The Morgan fingerprint density at radius 3 is 2.42 bits per heavy atom. The largest absolute Gasteiger partial charge is 0.497 e. The molecule has 0 aliphatic carbocycles. The van der Waals surface area contributed by atoms with Crippen LogP contribution in [0.4, 0.5) is 0 Å². The fraction of sp³-hybridized carbons (Fsp3) is 0.353. The molecule has 0 bridgehead atoms. The number of carbonyl (C=O) groups is 2. The number of methoxy groups -OCH3 is 1. The zero-order valence-corrected chi connectivity index (χ0v) is 25.9. The van der Waals surface area contributed by atoms with Gasteiger partial charge in [0.1, 0.15) is 5.75 Å². The van der Waals surface area contributed by atoms with Gasteiger partial charge in [-0.3, -0.25) is 14.2 Å². The number of rotatable bonds is 11. The molecule has 1 aliphatic heterocycles. The second kappa shape index (κ2) is 14.4. The Morgan fingerprint density at radius 2 is 1.72 bits per heavy atom. The van der Waals surface area contributed by atoms with Gasteiger partial charge >= 0.3 is 0 Å². The van der Waals surface area contributed by atoms with Gasteiger partial charge in [-0.2, -0.15) is 0 Å². The van der Waals surface area contributed by atoms with Gasteiger partial charge in [-0.15, -0.1) is 10.2 Å². The van der Waals surface area contributed by atoms with Crippen molar-refractivity contribution in [3.63, 3.8) is 0 Å². The van der Waals surface area contributed by atoms with E-state index in [0.29, 0.717) is 28.2 Å². The number of para-hydroxylation sites is 1. The summed E-state index contributed by atoms with van der Waals surface area (Å²) in [5.74, 6) is 2.10. The third-order valence-electron chi connectivity index (χ3n) is 8.04.